The predicted octanol–water partition coefficient (Wildman–Crippen LogP) is 6.00. The quantitative estimate of drug-likeness (QED) is 0.114. The SMILES string of the molecule is CCCCCCCCCCCCNc1ccc(S(=O)(=O)C(=S)c2cc(N)ccc2S(=O)(=O)C(C)C(=O)O)cc1. The van der Waals surface area contributed by atoms with Crippen LogP contribution in [0.4, 0.5) is 11.4 Å². The van der Waals surface area contributed by atoms with Gasteiger partial charge < -0.3 is 16.2 Å². The summed E-state index contributed by atoms with van der Waals surface area (Å²) in [6, 6.07) is 9.57. The number of hydrogen-bond acceptors (Lipinski definition) is 8. The third-order valence-corrected chi connectivity index (χ3v) is 11.2. The van der Waals surface area contributed by atoms with Crippen LogP contribution in [-0.2, 0) is 24.5 Å². The van der Waals surface area contributed by atoms with Gasteiger partial charge in [-0.15, -0.1) is 0 Å². The van der Waals surface area contributed by atoms with E-state index < -0.39 is 40.0 Å². The van der Waals surface area contributed by atoms with Gasteiger partial charge in [-0.05, 0) is 55.8 Å². The number of nitrogens with two attached hydrogens (primary N) is 1. The number of benzene rings is 2. The van der Waals surface area contributed by atoms with E-state index in [9.17, 15) is 26.7 Å². The minimum atomic E-state index is -4.42. The maximum absolute atomic E-state index is 13.3. The number of carboxylic acids is 1. The second-order valence-electron chi connectivity index (χ2n) is 9.71. The highest BCUT2D eigenvalue weighted by atomic mass is 32.2. The molecule has 0 aliphatic rings. The Kier molecular flexibility index (Phi) is 12.9. The van der Waals surface area contributed by atoms with Crippen LogP contribution in [0.1, 0.15) is 83.6 Å². The summed E-state index contributed by atoms with van der Waals surface area (Å²) >= 11 is 5.22. The normalized spacial score (nSPS) is 12.7. The van der Waals surface area contributed by atoms with Gasteiger partial charge in [-0.1, -0.05) is 76.9 Å². The maximum atomic E-state index is 13.3. The number of aliphatic carboxylic acids is 1. The van der Waals surface area contributed by atoms with Crippen molar-refractivity contribution in [2.24, 2.45) is 0 Å². The summed E-state index contributed by atoms with van der Waals surface area (Å²) in [5.74, 6) is -1.56. The number of nitrogens with one attached hydrogen (secondary N) is 1. The summed E-state index contributed by atoms with van der Waals surface area (Å²) < 4.78 is 51.7. The highest BCUT2D eigenvalue weighted by Gasteiger charge is 2.35. The molecule has 0 aliphatic heterocycles. The first-order chi connectivity index (χ1) is 18.4. The van der Waals surface area contributed by atoms with E-state index in [1.54, 1.807) is 12.1 Å². The summed E-state index contributed by atoms with van der Waals surface area (Å²) in [4.78, 5) is 10.8. The summed E-state index contributed by atoms with van der Waals surface area (Å²) in [5, 5.41) is 10.7. The van der Waals surface area contributed by atoms with Crippen LogP contribution in [0.3, 0.4) is 0 Å². The first-order valence-electron chi connectivity index (χ1n) is 13.4. The van der Waals surface area contributed by atoms with E-state index in [2.05, 4.69) is 12.2 Å². The third kappa shape index (κ3) is 9.29. The number of carboxylic acid groups (broad SMARTS) is 1. The van der Waals surface area contributed by atoms with E-state index in [1.165, 1.54) is 69.6 Å². The fourth-order valence-corrected chi connectivity index (χ4v) is 7.25. The van der Waals surface area contributed by atoms with E-state index in [0.29, 0.717) is 0 Å². The first kappa shape index (κ1) is 32.7. The minimum absolute atomic E-state index is 0.0935. The molecule has 0 amide bonds. The number of carbonyl (C=O) groups is 1. The number of sulfone groups is 2. The standard InChI is InChI=1S/C28H40N2O6S3/c1-3-4-5-6-7-8-9-10-11-12-19-30-23-14-16-24(17-15-23)39(35,36)28(37)25-20-22(29)13-18-26(25)38(33,34)21(2)27(31)32/h13-18,20-21,30H,3-12,19,29H2,1-2H3,(H,31,32). The third-order valence-electron chi connectivity index (χ3n) is 6.61. The average Bonchev–Trinajstić information content (AvgIpc) is 2.90. The molecule has 0 heterocycles. The van der Waals surface area contributed by atoms with E-state index >= 15 is 0 Å². The van der Waals surface area contributed by atoms with Gasteiger partial charge in [-0.2, -0.15) is 0 Å². The fourth-order valence-electron chi connectivity index (χ4n) is 4.13. The van der Waals surface area contributed by atoms with Gasteiger partial charge in [0.1, 0.15) is 4.20 Å². The number of thiocarbonyl (C=S) groups is 1. The average molecular weight is 597 g/mol. The molecule has 0 aromatic heterocycles. The lowest BCUT2D eigenvalue weighted by atomic mass is 10.1. The number of hydrogen-bond donors (Lipinski definition) is 3. The second-order valence-corrected chi connectivity index (χ2v) is 14.5. The van der Waals surface area contributed by atoms with E-state index in [4.69, 9.17) is 18.0 Å². The Balaban J connectivity index is 2.00. The van der Waals surface area contributed by atoms with Gasteiger partial charge in [-0.25, -0.2) is 16.8 Å². The molecule has 4 N–H and O–H groups in total. The van der Waals surface area contributed by atoms with Crippen molar-refractivity contribution in [1.82, 2.24) is 0 Å². The molecule has 0 fully saturated rings. The molecule has 0 aliphatic carbocycles. The summed E-state index contributed by atoms with van der Waals surface area (Å²) in [6.45, 7) is 4.01. The monoisotopic (exact) mass is 596 g/mol. The number of unbranched alkanes of at least 4 members (excludes halogenated alkanes) is 9. The zero-order valence-corrected chi connectivity index (χ0v) is 25.1. The fraction of sp³-hybridized carbons (Fsp3) is 0.500. The van der Waals surface area contributed by atoms with Crippen molar-refractivity contribution in [3.05, 3.63) is 48.0 Å². The molecule has 2 aromatic rings. The Morgan fingerprint density at radius 3 is 1.97 bits per heavy atom. The van der Waals surface area contributed by atoms with Gasteiger partial charge in [-0.3, -0.25) is 4.79 Å². The van der Waals surface area contributed by atoms with Crippen molar-refractivity contribution in [3.8, 4) is 0 Å². The van der Waals surface area contributed by atoms with Gasteiger partial charge >= 0.3 is 5.97 Å². The Morgan fingerprint density at radius 2 is 1.44 bits per heavy atom. The molecular formula is C28H40N2O6S3. The van der Waals surface area contributed by atoms with Crippen LogP contribution in [-0.4, -0.2) is 43.9 Å². The summed E-state index contributed by atoms with van der Waals surface area (Å²) in [5.41, 5.74) is 6.32. The molecule has 0 radical (unpaired) electrons. The highest BCUT2D eigenvalue weighted by molar-refractivity contribution is 8.18. The topological polar surface area (TPSA) is 144 Å². The number of anilines is 2. The van der Waals surface area contributed by atoms with Gasteiger partial charge in [0.05, 0.1) is 9.79 Å². The van der Waals surface area contributed by atoms with Crippen molar-refractivity contribution >= 4 is 53.4 Å². The van der Waals surface area contributed by atoms with Crippen molar-refractivity contribution in [2.75, 3.05) is 17.6 Å². The van der Waals surface area contributed by atoms with Crippen LogP contribution in [0, 0.1) is 0 Å². The number of nitrogen functional groups attached to an aromatic ring is 1. The molecule has 0 bridgehead atoms. The second kappa shape index (κ2) is 15.3. The maximum Gasteiger partial charge on any atom is 0.321 e. The van der Waals surface area contributed by atoms with E-state index in [0.717, 1.165) is 44.1 Å². The Bertz CT molecular complexity index is 1320. The molecule has 1 atom stereocenters. The minimum Gasteiger partial charge on any atom is -0.480 e. The van der Waals surface area contributed by atoms with Crippen molar-refractivity contribution in [1.29, 1.82) is 0 Å². The highest BCUT2D eigenvalue weighted by Crippen LogP contribution is 2.28. The van der Waals surface area contributed by atoms with Gasteiger partial charge in [0, 0.05) is 23.5 Å². The van der Waals surface area contributed by atoms with Crippen LogP contribution in [0.5, 0.6) is 0 Å². The van der Waals surface area contributed by atoms with Crippen molar-refractivity contribution in [2.45, 2.75) is 93.1 Å². The largest absolute Gasteiger partial charge is 0.480 e. The molecule has 8 nitrogen and oxygen atoms in total. The molecule has 0 saturated heterocycles. The smallest absolute Gasteiger partial charge is 0.321 e. The van der Waals surface area contributed by atoms with Gasteiger partial charge in [0.2, 0.25) is 9.84 Å². The van der Waals surface area contributed by atoms with Gasteiger partial charge in [0.25, 0.3) is 0 Å². The Morgan fingerprint density at radius 1 is 0.897 bits per heavy atom. The zero-order chi connectivity index (χ0) is 29.1. The lowest BCUT2D eigenvalue weighted by molar-refractivity contribution is -0.136. The lowest BCUT2D eigenvalue weighted by Crippen LogP contribution is -2.29. The van der Waals surface area contributed by atoms with Crippen LogP contribution < -0.4 is 11.1 Å². The predicted molar refractivity (Wildman–Crippen MR) is 161 cm³/mol. The van der Waals surface area contributed by atoms with Crippen molar-refractivity contribution in [3.63, 3.8) is 0 Å². The Labute approximate surface area is 238 Å². The molecule has 39 heavy (non-hydrogen) atoms. The molecule has 2 aromatic carbocycles. The van der Waals surface area contributed by atoms with Crippen LogP contribution in [0.15, 0.2) is 52.3 Å². The summed E-state index contributed by atoms with van der Waals surface area (Å²) in [7, 11) is -8.69. The first-order valence-corrected chi connectivity index (χ1v) is 16.9. The molecule has 11 heteroatoms. The summed E-state index contributed by atoms with van der Waals surface area (Å²) in [6.07, 6.45) is 12.5. The van der Waals surface area contributed by atoms with Gasteiger partial charge in [0.15, 0.2) is 15.1 Å². The molecular weight excluding hydrogens is 557 g/mol. The molecule has 0 spiro atoms. The van der Waals surface area contributed by atoms with E-state index in [1.807, 2.05) is 0 Å². The van der Waals surface area contributed by atoms with Crippen molar-refractivity contribution < 1.29 is 26.7 Å². The molecule has 2 rings (SSSR count). The Hall–Kier alpha value is -2.50. The molecule has 216 valence electrons. The zero-order valence-electron chi connectivity index (χ0n) is 22.7. The molecule has 0 saturated carbocycles. The van der Waals surface area contributed by atoms with Crippen LogP contribution >= 0.6 is 12.2 Å². The van der Waals surface area contributed by atoms with E-state index in [-0.39, 0.29) is 16.1 Å². The lowest BCUT2D eigenvalue weighted by Gasteiger charge is -2.15. The number of rotatable bonds is 17. The van der Waals surface area contributed by atoms with Crippen LogP contribution in [0.2, 0.25) is 0 Å². The van der Waals surface area contributed by atoms with Crippen LogP contribution in [0.25, 0.3) is 0 Å². The molecule has 1 unspecified atom stereocenters.